The van der Waals surface area contributed by atoms with E-state index in [1.807, 2.05) is 42.6 Å². The monoisotopic (exact) mass is 310 g/mol. The Labute approximate surface area is 137 Å². The molecule has 4 nitrogen and oxygen atoms in total. The summed E-state index contributed by atoms with van der Waals surface area (Å²) in [6, 6.07) is 12.4. The number of aromatic nitrogens is 1. The number of benzene rings is 1. The van der Waals surface area contributed by atoms with Gasteiger partial charge in [-0.05, 0) is 49.1 Å². The van der Waals surface area contributed by atoms with Crippen molar-refractivity contribution in [2.45, 2.75) is 25.5 Å². The normalized spacial score (nSPS) is 22.6. The molecule has 1 aromatic heterocycles. The van der Waals surface area contributed by atoms with Crippen LogP contribution in [0.15, 0.2) is 48.8 Å². The van der Waals surface area contributed by atoms with Gasteiger partial charge >= 0.3 is 0 Å². The minimum atomic E-state index is 0.534. The van der Waals surface area contributed by atoms with Crippen molar-refractivity contribution in [3.8, 4) is 11.5 Å². The van der Waals surface area contributed by atoms with Gasteiger partial charge in [0.15, 0.2) is 0 Å². The molecule has 2 fully saturated rings. The first-order chi connectivity index (χ1) is 11.4. The predicted octanol–water partition coefficient (Wildman–Crippen LogP) is 3.13. The molecule has 23 heavy (non-hydrogen) atoms. The fraction of sp³-hybridized carbons (Fsp3) is 0.421. The Morgan fingerprint density at radius 2 is 1.83 bits per heavy atom. The van der Waals surface area contributed by atoms with Crippen LogP contribution >= 0.6 is 0 Å². The van der Waals surface area contributed by atoms with Crippen molar-refractivity contribution in [3.63, 3.8) is 0 Å². The van der Waals surface area contributed by atoms with E-state index in [2.05, 4.69) is 9.88 Å². The van der Waals surface area contributed by atoms with Gasteiger partial charge in [0.1, 0.15) is 24.7 Å². The quantitative estimate of drug-likeness (QED) is 0.702. The molecule has 1 saturated carbocycles. The fourth-order valence-corrected chi connectivity index (χ4v) is 2.71. The van der Waals surface area contributed by atoms with Crippen LogP contribution in [0.4, 0.5) is 0 Å². The summed E-state index contributed by atoms with van der Waals surface area (Å²) in [6.07, 6.45) is 6.43. The summed E-state index contributed by atoms with van der Waals surface area (Å²) in [7, 11) is 0. The molecule has 1 aromatic carbocycles. The van der Waals surface area contributed by atoms with Gasteiger partial charge in [0, 0.05) is 31.0 Å². The molecule has 2 unspecified atom stereocenters. The van der Waals surface area contributed by atoms with Crippen LogP contribution in [0.25, 0.3) is 0 Å². The standard InChI is InChI=1S/C19H22N2O2/c1-2-16(10-20-9-1)13-22-18-5-7-19(8-6-18)23-14-17-12-21(17)11-15-3-4-15/h1-2,5-10,15,17H,3-4,11-14H2. The lowest BCUT2D eigenvalue weighted by Gasteiger charge is -2.09. The minimum Gasteiger partial charge on any atom is -0.492 e. The van der Waals surface area contributed by atoms with Crippen LogP contribution in [0, 0.1) is 5.92 Å². The Balaban J connectivity index is 1.20. The van der Waals surface area contributed by atoms with Crippen LogP contribution in [0.2, 0.25) is 0 Å². The number of hydrogen-bond acceptors (Lipinski definition) is 4. The number of pyridine rings is 1. The van der Waals surface area contributed by atoms with E-state index in [0.717, 1.165) is 29.6 Å². The zero-order valence-corrected chi connectivity index (χ0v) is 13.2. The van der Waals surface area contributed by atoms with Gasteiger partial charge in [-0.3, -0.25) is 9.88 Å². The number of nitrogens with zero attached hydrogens (tertiary/aromatic N) is 2. The van der Waals surface area contributed by atoms with Gasteiger partial charge in [0.05, 0.1) is 6.04 Å². The molecule has 1 aliphatic carbocycles. The highest BCUT2D eigenvalue weighted by Crippen LogP contribution is 2.33. The highest BCUT2D eigenvalue weighted by atomic mass is 16.5. The minimum absolute atomic E-state index is 0.534. The van der Waals surface area contributed by atoms with E-state index in [9.17, 15) is 0 Å². The van der Waals surface area contributed by atoms with Crippen molar-refractivity contribution in [2.75, 3.05) is 19.7 Å². The van der Waals surface area contributed by atoms with Crippen LogP contribution in [0.1, 0.15) is 18.4 Å². The van der Waals surface area contributed by atoms with E-state index < -0.39 is 0 Å². The Morgan fingerprint density at radius 1 is 1.04 bits per heavy atom. The molecule has 2 atom stereocenters. The third-order valence-corrected chi connectivity index (χ3v) is 4.41. The first-order valence-corrected chi connectivity index (χ1v) is 8.35. The maximum atomic E-state index is 5.87. The van der Waals surface area contributed by atoms with E-state index in [-0.39, 0.29) is 0 Å². The van der Waals surface area contributed by atoms with Crippen molar-refractivity contribution >= 4 is 0 Å². The van der Waals surface area contributed by atoms with Gasteiger partial charge < -0.3 is 9.47 Å². The third-order valence-electron chi connectivity index (χ3n) is 4.41. The van der Waals surface area contributed by atoms with Gasteiger partial charge in [-0.2, -0.15) is 0 Å². The third kappa shape index (κ3) is 4.23. The maximum absolute atomic E-state index is 5.87. The molecule has 2 heterocycles. The van der Waals surface area contributed by atoms with Gasteiger partial charge in [0.2, 0.25) is 0 Å². The number of hydrogen-bond donors (Lipinski definition) is 0. The average Bonchev–Trinajstić information content (AvgIpc) is 3.52. The summed E-state index contributed by atoms with van der Waals surface area (Å²) < 4.78 is 11.6. The molecule has 2 aromatic rings. The van der Waals surface area contributed by atoms with Gasteiger partial charge in [0.25, 0.3) is 0 Å². The topological polar surface area (TPSA) is 34.4 Å². The average molecular weight is 310 g/mol. The molecule has 0 spiro atoms. The van der Waals surface area contributed by atoms with Gasteiger partial charge in [-0.15, -0.1) is 0 Å². The second-order valence-electron chi connectivity index (χ2n) is 6.48. The Bertz CT molecular complexity index is 626. The van der Waals surface area contributed by atoms with E-state index >= 15 is 0 Å². The van der Waals surface area contributed by atoms with Gasteiger partial charge in [-0.1, -0.05) is 6.07 Å². The van der Waals surface area contributed by atoms with Gasteiger partial charge in [-0.25, -0.2) is 0 Å². The first kappa shape index (κ1) is 14.5. The predicted molar refractivity (Wildman–Crippen MR) is 88.6 cm³/mol. The van der Waals surface area contributed by atoms with E-state index in [4.69, 9.17) is 9.47 Å². The van der Waals surface area contributed by atoms with Crippen molar-refractivity contribution in [2.24, 2.45) is 5.92 Å². The van der Waals surface area contributed by atoms with Crippen molar-refractivity contribution < 1.29 is 9.47 Å². The van der Waals surface area contributed by atoms with Crippen molar-refractivity contribution in [3.05, 3.63) is 54.4 Å². The van der Waals surface area contributed by atoms with Crippen LogP contribution in [-0.2, 0) is 6.61 Å². The number of ether oxygens (including phenoxy) is 2. The summed E-state index contributed by atoms with van der Waals surface area (Å²) in [4.78, 5) is 6.60. The molecule has 120 valence electrons. The highest BCUT2D eigenvalue weighted by molar-refractivity contribution is 5.31. The zero-order chi connectivity index (χ0) is 15.5. The van der Waals surface area contributed by atoms with Crippen LogP contribution in [0.3, 0.4) is 0 Å². The second-order valence-corrected chi connectivity index (χ2v) is 6.48. The first-order valence-electron chi connectivity index (χ1n) is 8.35. The molecule has 4 rings (SSSR count). The lowest BCUT2D eigenvalue weighted by Crippen LogP contribution is -2.12. The molecule has 0 N–H and O–H groups in total. The van der Waals surface area contributed by atoms with E-state index in [1.165, 1.54) is 25.9 Å². The summed E-state index contributed by atoms with van der Waals surface area (Å²) >= 11 is 0. The molecule has 0 amide bonds. The molecule has 0 bridgehead atoms. The maximum Gasteiger partial charge on any atom is 0.120 e. The summed E-state index contributed by atoms with van der Waals surface area (Å²) in [5, 5.41) is 0. The molecular formula is C19H22N2O2. The van der Waals surface area contributed by atoms with Crippen molar-refractivity contribution in [1.29, 1.82) is 0 Å². The second kappa shape index (κ2) is 6.59. The Kier molecular flexibility index (Phi) is 4.16. The van der Waals surface area contributed by atoms with Crippen LogP contribution in [-0.4, -0.2) is 35.6 Å². The molecule has 1 saturated heterocycles. The van der Waals surface area contributed by atoms with E-state index in [1.54, 1.807) is 6.20 Å². The van der Waals surface area contributed by atoms with Crippen LogP contribution in [0.5, 0.6) is 11.5 Å². The highest BCUT2D eigenvalue weighted by Gasteiger charge is 2.38. The molecule has 1 aliphatic heterocycles. The summed E-state index contributed by atoms with van der Waals surface area (Å²) in [6.45, 7) is 3.80. The lowest BCUT2D eigenvalue weighted by atomic mass is 10.3. The summed E-state index contributed by atoms with van der Waals surface area (Å²) in [5.74, 6) is 2.73. The molecule has 4 heteroatoms. The largest absolute Gasteiger partial charge is 0.492 e. The van der Waals surface area contributed by atoms with E-state index in [0.29, 0.717) is 12.6 Å². The fourth-order valence-electron chi connectivity index (χ4n) is 2.71. The molecule has 0 radical (unpaired) electrons. The Morgan fingerprint density at radius 3 is 2.52 bits per heavy atom. The van der Waals surface area contributed by atoms with Crippen molar-refractivity contribution in [1.82, 2.24) is 9.88 Å². The molecule has 2 aliphatic rings. The molecular weight excluding hydrogens is 288 g/mol. The smallest absolute Gasteiger partial charge is 0.120 e. The Hall–Kier alpha value is -2.07. The summed E-state index contributed by atoms with van der Waals surface area (Å²) in [5.41, 5.74) is 1.07. The SMILES string of the molecule is c1cncc(COc2ccc(OCC3CN3CC3CC3)cc2)c1. The lowest BCUT2D eigenvalue weighted by molar-refractivity contribution is 0.288. The number of rotatable bonds is 8. The van der Waals surface area contributed by atoms with Crippen LogP contribution < -0.4 is 9.47 Å². The zero-order valence-electron chi connectivity index (χ0n) is 13.2.